The van der Waals surface area contributed by atoms with Crippen molar-refractivity contribution in [2.45, 2.75) is 19.3 Å². The fraction of sp³-hybridized carbons (Fsp3) is 0.143. The van der Waals surface area contributed by atoms with Crippen LogP contribution in [0.15, 0.2) is 72.8 Å². The molecule has 0 fully saturated rings. The quantitative estimate of drug-likeness (QED) is 0.728. The van der Waals surface area contributed by atoms with Gasteiger partial charge in [0.25, 0.3) is 0 Å². The molecule has 0 saturated carbocycles. The van der Waals surface area contributed by atoms with Gasteiger partial charge in [-0.3, -0.25) is 0 Å². The molecular formula is C21H20O2. The van der Waals surface area contributed by atoms with E-state index in [0.29, 0.717) is 5.75 Å². The van der Waals surface area contributed by atoms with Crippen LogP contribution in [0.25, 0.3) is 0 Å². The van der Waals surface area contributed by atoms with E-state index in [1.165, 1.54) is 16.7 Å². The van der Waals surface area contributed by atoms with Crippen LogP contribution in [-0.4, -0.2) is 10.2 Å². The van der Waals surface area contributed by atoms with Gasteiger partial charge in [-0.2, -0.15) is 0 Å². The van der Waals surface area contributed by atoms with Gasteiger partial charge in [0.2, 0.25) is 0 Å². The Kier molecular flexibility index (Phi) is 4.33. The number of benzene rings is 3. The zero-order chi connectivity index (χ0) is 16.2. The lowest BCUT2D eigenvalue weighted by atomic mass is 9.85. The Morgan fingerprint density at radius 2 is 1.48 bits per heavy atom. The SMILES string of the molecule is Cc1cc(C(Cc2ccc(O)cc2)c2ccccc2)ccc1O. The monoisotopic (exact) mass is 304 g/mol. The average molecular weight is 304 g/mol. The van der Waals surface area contributed by atoms with E-state index in [-0.39, 0.29) is 11.7 Å². The molecule has 3 aromatic rings. The largest absolute Gasteiger partial charge is 0.508 e. The molecule has 0 saturated heterocycles. The Bertz CT molecular complexity index is 777. The first kappa shape index (κ1) is 15.2. The minimum atomic E-state index is 0.208. The number of phenols is 2. The molecule has 116 valence electrons. The standard InChI is InChI=1S/C21H20O2/c1-15-13-18(9-12-21(15)23)20(17-5-3-2-4-6-17)14-16-7-10-19(22)11-8-16/h2-13,20,22-23H,14H2,1H3. The van der Waals surface area contributed by atoms with E-state index in [9.17, 15) is 10.2 Å². The third kappa shape index (κ3) is 3.54. The summed E-state index contributed by atoms with van der Waals surface area (Å²) >= 11 is 0. The Labute approximate surface area is 136 Å². The summed E-state index contributed by atoms with van der Waals surface area (Å²) in [6.07, 6.45) is 0.842. The third-order valence-electron chi connectivity index (χ3n) is 4.20. The summed E-state index contributed by atoms with van der Waals surface area (Å²) in [6, 6.07) is 23.5. The molecule has 3 aromatic carbocycles. The Balaban J connectivity index is 1.99. The molecule has 0 spiro atoms. The van der Waals surface area contributed by atoms with Crippen molar-refractivity contribution in [1.29, 1.82) is 0 Å². The Hall–Kier alpha value is -2.74. The van der Waals surface area contributed by atoms with Crippen LogP contribution in [0.2, 0.25) is 0 Å². The van der Waals surface area contributed by atoms with Crippen LogP contribution in [0.5, 0.6) is 11.5 Å². The maximum Gasteiger partial charge on any atom is 0.118 e. The van der Waals surface area contributed by atoms with Gasteiger partial charge in [-0.1, -0.05) is 54.6 Å². The van der Waals surface area contributed by atoms with E-state index < -0.39 is 0 Å². The number of phenolic OH excluding ortho intramolecular Hbond substituents is 2. The predicted octanol–water partition coefficient (Wildman–Crippen LogP) is 4.78. The first-order valence-corrected chi connectivity index (χ1v) is 7.76. The lowest BCUT2D eigenvalue weighted by Gasteiger charge is -2.19. The summed E-state index contributed by atoms with van der Waals surface area (Å²) in [5, 5.41) is 19.3. The predicted molar refractivity (Wildman–Crippen MR) is 92.9 cm³/mol. The van der Waals surface area contributed by atoms with Crippen molar-refractivity contribution in [2.24, 2.45) is 0 Å². The molecule has 0 amide bonds. The normalized spacial score (nSPS) is 12.0. The number of hydrogen-bond acceptors (Lipinski definition) is 2. The van der Waals surface area contributed by atoms with Gasteiger partial charge in [-0.25, -0.2) is 0 Å². The van der Waals surface area contributed by atoms with Crippen LogP contribution in [0.4, 0.5) is 0 Å². The number of hydrogen-bond donors (Lipinski definition) is 2. The van der Waals surface area contributed by atoms with Crippen molar-refractivity contribution in [3.63, 3.8) is 0 Å². The fourth-order valence-corrected chi connectivity index (χ4v) is 2.88. The summed E-state index contributed by atoms with van der Waals surface area (Å²) in [5.74, 6) is 0.815. The smallest absolute Gasteiger partial charge is 0.118 e. The van der Waals surface area contributed by atoms with E-state index in [1.54, 1.807) is 18.2 Å². The second-order valence-electron chi connectivity index (χ2n) is 5.88. The summed E-state index contributed by atoms with van der Waals surface area (Å²) in [5.41, 5.74) is 4.47. The summed E-state index contributed by atoms with van der Waals surface area (Å²) in [7, 11) is 0. The zero-order valence-corrected chi connectivity index (χ0v) is 13.1. The van der Waals surface area contributed by atoms with Crippen molar-refractivity contribution < 1.29 is 10.2 Å². The molecule has 2 nitrogen and oxygen atoms in total. The maximum absolute atomic E-state index is 9.79. The van der Waals surface area contributed by atoms with E-state index in [0.717, 1.165) is 12.0 Å². The van der Waals surface area contributed by atoms with Crippen molar-refractivity contribution in [3.8, 4) is 11.5 Å². The van der Waals surface area contributed by atoms with Crippen LogP contribution in [0, 0.1) is 6.92 Å². The van der Waals surface area contributed by atoms with E-state index >= 15 is 0 Å². The van der Waals surface area contributed by atoms with Crippen molar-refractivity contribution in [2.75, 3.05) is 0 Å². The first-order chi connectivity index (χ1) is 11.1. The number of aryl methyl sites for hydroxylation is 1. The highest BCUT2D eigenvalue weighted by Gasteiger charge is 2.16. The molecule has 2 heteroatoms. The maximum atomic E-state index is 9.79. The van der Waals surface area contributed by atoms with Crippen LogP contribution in [0.1, 0.15) is 28.2 Å². The molecular weight excluding hydrogens is 284 g/mol. The van der Waals surface area contributed by atoms with Crippen LogP contribution < -0.4 is 0 Å². The molecule has 1 atom stereocenters. The molecule has 0 aromatic heterocycles. The average Bonchev–Trinajstić information content (AvgIpc) is 2.58. The van der Waals surface area contributed by atoms with Gasteiger partial charge in [-0.15, -0.1) is 0 Å². The van der Waals surface area contributed by atoms with Crippen LogP contribution in [-0.2, 0) is 6.42 Å². The van der Waals surface area contributed by atoms with Gasteiger partial charge in [0.1, 0.15) is 11.5 Å². The Morgan fingerprint density at radius 1 is 0.783 bits per heavy atom. The summed E-state index contributed by atoms with van der Waals surface area (Å²) < 4.78 is 0. The molecule has 3 rings (SSSR count). The zero-order valence-electron chi connectivity index (χ0n) is 13.1. The minimum absolute atomic E-state index is 0.208. The molecule has 1 unspecified atom stereocenters. The van der Waals surface area contributed by atoms with Gasteiger partial charge < -0.3 is 10.2 Å². The fourth-order valence-electron chi connectivity index (χ4n) is 2.88. The van der Waals surface area contributed by atoms with Crippen molar-refractivity contribution in [1.82, 2.24) is 0 Å². The first-order valence-electron chi connectivity index (χ1n) is 7.76. The van der Waals surface area contributed by atoms with Gasteiger partial charge in [-0.05, 0) is 53.8 Å². The second-order valence-corrected chi connectivity index (χ2v) is 5.88. The molecule has 0 aliphatic rings. The van der Waals surface area contributed by atoms with Crippen molar-refractivity contribution in [3.05, 3.63) is 95.1 Å². The number of rotatable bonds is 4. The third-order valence-corrected chi connectivity index (χ3v) is 4.20. The molecule has 0 radical (unpaired) electrons. The second kappa shape index (κ2) is 6.57. The van der Waals surface area contributed by atoms with Gasteiger partial charge >= 0.3 is 0 Å². The highest BCUT2D eigenvalue weighted by Crippen LogP contribution is 2.31. The molecule has 0 bridgehead atoms. The molecule has 0 aliphatic heterocycles. The highest BCUT2D eigenvalue weighted by atomic mass is 16.3. The van der Waals surface area contributed by atoms with Crippen molar-refractivity contribution >= 4 is 0 Å². The minimum Gasteiger partial charge on any atom is -0.508 e. The highest BCUT2D eigenvalue weighted by molar-refractivity contribution is 5.42. The molecule has 2 N–H and O–H groups in total. The number of aromatic hydroxyl groups is 2. The van der Waals surface area contributed by atoms with E-state index in [4.69, 9.17) is 0 Å². The van der Waals surface area contributed by atoms with Crippen LogP contribution in [0.3, 0.4) is 0 Å². The lowest BCUT2D eigenvalue weighted by molar-refractivity contribution is 0.470. The van der Waals surface area contributed by atoms with Gasteiger partial charge in [0.15, 0.2) is 0 Å². The summed E-state index contributed by atoms with van der Waals surface area (Å²) in [6.45, 7) is 1.92. The van der Waals surface area contributed by atoms with Gasteiger partial charge in [0, 0.05) is 5.92 Å². The lowest BCUT2D eigenvalue weighted by Crippen LogP contribution is -2.05. The molecule has 23 heavy (non-hydrogen) atoms. The van der Waals surface area contributed by atoms with Gasteiger partial charge in [0.05, 0.1) is 0 Å². The molecule has 0 aliphatic carbocycles. The van der Waals surface area contributed by atoms with Crippen LogP contribution >= 0.6 is 0 Å². The Morgan fingerprint density at radius 3 is 2.13 bits per heavy atom. The molecule has 0 heterocycles. The summed E-state index contributed by atoms with van der Waals surface area (Å²) in [4.78, 5) is 0. The topological polar surface area (TPSA) is 40.5 Å². The van der Waals surface area contributed by atoms with E-state index in [2.05, 4.69) is 12.1 Å². The van der Waals surface area contributed by atoms with E-state index in [1.807, 2.05) is 49.4 Å².